The first-order chi connectivity index (χ1) is 19.2. The number of aryl methyl sites for hydroxylation is 2. The molecule has 1 aliphatic rings. The number of hydrogen-bond donors (Lipinski definition) is 1. The molecule has 1 aliphatic heterocycles. The van der Waals surface area contributed by atoms with Gasteiger partial charge in [-0.15, -0.1) is 0 Å². The van der Waals surface area contributed by atoms with Crippen LogP contribution in [0.15, 0.2) is 60.7 Å². The summed E-state index contributed by atoms with van der Waals surface area (Å²) in [4.78, 5) is 45.4. The van der Waals surface area contributed by atoms with Gasteiger partial charge in [-0.1, -0.05) is 59.9 Å². The van der Waals surface area contributed by atoms with E-state index in [1.54, 1.807) is 62.4 Å². The normalized spacial score (nSPS) is 16.2. The van der Waals surface area contributed by atoms with Gasteiger partial charge < -0.3 is 19.3 Å². The number of hydrogen-bond acceptors (Lipinski definition) is 9. The number of Topliss-reactive ketones (excluding diaryl/α,β-unsaturated/α-hetero) is 1. The molecule has 1 aromatic heterocycles. The third-order valence-corrected chi connectivity index (χ3v) is 7.30. The monoisotopic (exact) mass is 562 g/mol. The van der Waals surface area contributed by atoms with Gasteiger partial charge in [0.2, 0.25) is 0 Å². The topological polar surface area (TPSA) is 115 Å². The SMILES string of the molecule is C=CCOc1ccc(C2C(=C(O)c3ccc(C)cc3)C(=O)C(=O)N2c2nc(C)c(C(=O)OCC)s2)cc1OCC. The summed E-state index contributed by atoms with van der Waals surface area (Å²) in [5.41, 5.74) is 2.08. The van der Waals surface area contributed by atoms with E-state index in [1.807, 2.05) is 13.8 Å². The molecule has 1 N–H and O–H groups in total. The summed E-state index contributed by atoms with van der Waals surface area (Å²) >= 11 is 0.945. The first-order valence-corrected chi connectivity index (χ1v) is 13.6. The van der Waals surface area contributed by atoms with Crippen LogP contribution in [0.2, 0.25) is 0 Å². The lowest BCUT2D eigenvalue weighted by Gasteiger charge is -2.24. The van der Waals surface area contributed by atoms with Crippen LogP contribution in [-0.2, 0) is 14.3 Å². The first-order valence-electron chi connectivity index (χ1n) is 12.7. The van der Waals surface area contributed by atoms with Crippen LogP contribution in [0.5, 0.6) is 11.5 Å². The summed E-state index contributed by atoms with van der Waals surface area (Å²) in [5, 5.41) is 11.5. The van der Waals surface area contributed by atoms with Crippen molar-refractivity contribution < 1.29 is 33.7 Å². The number of esters is 1. The molecule has 0 spiro atoms. The summed E-state index contributed by atoms with van der Waals surface area (Å²) in [6, 6.07) is 10.9. The number of rotatable bonds is 10. The van der Waals surface area contributed by atoms with Crippen LogP contribution in [0.4, 0.5) is 5.13 Å². The molecule has 1 unspecified atom stereocenters. The number of aromatic nitrogens is 1. The molecule has 2 aromatic carbocycles. The van der Waals surface area contributed by atoms with E-state index < -0.39 is 23.7 Å². The second-order valence-corrected chi connectivity index (χ2v) is 9.88. The Balaban J connectivity index is 1.93. The number of aliphatic hydroxyl groups is 1. The highest BCUT2D eigenvalue weighted by Gasteiger charge is 2.48. The van der Waals surface area contributed by atoms with Gasteiger partial charge in [0.1, 0.15) is 17.2 Å². The Labute approximate surface area is 236 Å². The van der Waals surface area contributed by atoms with Gasteiger partial charge in [0.15, 0.2) is 16.6 Å². The van der Waals surface area contributed by atoms with Gasteiger partial charge in [0, 0.05) is 5.56 Å². The summed E-state index contributed by atoms with van der Waals surface area (Å²) < 4.78 is 16.7. The van der Waals surface area contributed by atoms with Crippen molar-refractivity contribution in [3.05, 3.63) is 88.0 Å². The standard InChI is InChI=1S/C30H30N2O7S/c1-6-15-39-21-14-13-20(16-22(21)37-7-2)24-23(25(33)19-11-9-17(4)10-12-19)26(34)28(35)32(24)30-31-18(5)27(40-30)29(36)38-8-3/h6,9-14,16,24,33H,1,7-8,15H2,2-5H3. The molecule has 4 rings (SSSR count). The number of benzene rings is 2. The van der Waals surface area contributed by atoms with Crippen LogP contribution in [0.3, 0.4) is 0 Å². The van der Waals surface area contributed by atoms with Crippen LogP contribution in [0, 0.1) is 13.8 Å². The first kappa shape index (κ1) is 28.6. The summed E-state index contributed by atoms with van der Waals surface area (Å²) in [7, 11) is 0. The van der Waals surface area contributed by atoms with Crippen LogP contribution < -0.4 is 14.4 Å². The zero-order valence-electron chi connectivity index (χ0n) is 22.7. The number of ketones is 1. The van der Waals surface area contributed by atoms with E-state index in [2.05, 4.69) is 11.6 Å². The molecule has 1 atom stereocenters. The van der Waals surface area contributed by atoms with Gasteiger partial charge in [-0.3, -0.25) is 14.5 Å². The molecule has 3 aromatic rings. The van der Waals surface area contributed by atoms with E-state index in [9.17, 15) is 19.5 Å². The Morgan fingerprint density at radius 3 is 2.45 bits per heavy atom. The Morgan fingerprint density at radius 1 is 1.07 bits per heavy atom. The van der Waals surface area contributed by atoms with Crippen LogP contribution in [0.25, 0.3) is 5.76 Å². The molecule has 1 saturated heterocycles. The van der Waals surface area contributed by atoms with E-state index in [-0.39, 0.29) is 34.6 Å². The lowest BCUT2D eigenvalue weighted by atomic mass is 9.95. The average molecular weight is 563 g/mol. The predicted molar refractivity (Wildman–Crippen MR) is 152 cm³/mol. The van der Waals surface area contributed by atoms with E-state index in [0.29, 0.717) is 34.9 Å². The van der Waals surface area contributed by atoms with Crippen LogP contribution >= 0.6 is 11.3 Å². The average Bonchev–Trinajstić information content (AvgIpc) is 3.44. The largest absolute Gasteiger partial charge is 0.507 e. The molecule has 9 nitrogen and oxygen atoms in total. The molecule has 0 saturated carbocycles. The number of nitrogens with zero attached hydrogens (tertiary/aromatic N) is 2. The predicted octanol–water partition coefficient (Wildman–Crippen LogP) is 5.53. The van der Waals surface area contributed by atoms with E-state index in [1.165, 1.54) is 4.90 Å². The number of amides is 1. The summed E-state index contributed by atoms with van der Waals surface area (Å²) in [6.07, 6.45) is 1.60. The zero-order valence-corrected chi connectivity index (χ0v) is 23.5. The van der Waals surface area contributed by atoms with Crippen molar-refractivity contribution in [2.75, 3.05) is 24.7 Å². The Hall–Kier alpha value is -4.44. The lowest BCUT2D eigenvalue weighted by Crippen LogP contribution is -2.29. The second-order valence-electron chi connectivity index (χ2n) is 8.91. The molecule has 1 amide bonds. The summed E-state index contributed by atoms with van der Waals surface area (Å²) in [6.45, 7) is 11.5. The number of aliphatic hydroxyl groups excluding tert-OH is 1. The zero-order chi connectivity index (χ0) is 29.0. The third kappa shape index (κ3) is 5.48. The molecule has 10 heteroatoms. The number of ether oxygens (including phenoxy) is 3. The Morgan fingerprint density at radius 2 is 1.80 bits per heavy atom. The van der Waals surface area contributed by atoms with E-state index in [4.69, 9.17) is 14.2 Å². The van der Waals surface area contributed by atoms with Crippen LogP contribution in [-0.4, -0.2) is 47.6 Å². The minimum Gasteiger partial charge on any atom is -0.507 e. The van der Waals surface area contributed by atoms with Gasteiger partial charge in [0.05, 0.1) is 30.5 Å². The molecule has 40 heavy (non-hydrogen) atoms. The van der Waals surface area contributed by atoms with Gasteiger partial charge in [0.25, 0.3) is 5.78 Å². The molecule has 0 radical (unpaired) electrons. The van der Waals surface area contributed by atoms with Crippen molar-refractivity contribution in [3.8, 4) is 11.5 Å². The highest BCUT2D eigenvalue weighted by atomic mass is 32.1. The van der Waals surface area contributed by atoms with Crippen molar-refractivity contribution in [2.24, 2.45) is 0 Å². The second kappa shape index (κ2) is 12.2. The quantitative estimate of drug-likeness (QED) is 0.113. The molecule has 2 heterocycles. The number of thiazole rings is 1. The fraction of sp³-hybridized carbons (Fsp3) is 0.267. The van der Waals surface area contributed by atoms with Crippen molar-refractivity contribution in [1.29, 1.82) is 0 Å². The Bertz CT molecular complexity index is 1490. The lowest BCUT2D eigenvalue weighted by molar-refractivity contribution is -0.132. The third-order valence-electron chi connectivity index (χ3n) is 6.16. The fourth-order valence-electron chi connectivity index (χ4n) is 4.31. The molecule has 1 fully saturated rings. The minimum atomic E-state index is -1.06. The maximum atomic E-state index is 13.5. The van der Waals surface area contributed by atoms with Gasteiger partial charge in [-0.05, 0) is 45.4 Å². The fourth-order valence-corrected chi connectivity index (χ4v) is 5.30. The van der Waals surface area contributed by atoms with E-state index in [0.717, 1.165) is 16.9 Å². The van der Waals surface area contributed by atoms with Crippen molar-refractivity contribution in [2.45, 2.75) is 33.7 Å². The van der Waals surface area contributed by atoms with Gasteiger partial charge in [-0.2, -0.15) is 0 Å². The highest BCUT2D eigenvalue weighted by Crippen LogP contribution is 2.45. The van der Waals surface area contributed by atoms with Crippen LogP contribution in [0.1, 0.15) is 51.9 Å². The Kier molecular flexibility index (Phi) is 8.69. The summed E-state index contributed by atoms with van der Waals surface area (Å²) in [5.74, 6) is -1.80. The highest BCUT2D eigenvalue weighted by molar-refractivity contribution is 7.17. The van der Waals surface area contributed by atoms with Crippen molar-refractivity contribution in [1.82, 2.24) is 4.98 Å². The van der Waals surface area contributed by atoms with Gasteiger partial charge in [-0.25, -0.2) is 9.78 Å². The van der Waals surface area contributed by atoms with Crippen molar-refractivity contribution in [3.63, 3.8) is 0 Å². The molecular weight excluding hydrogens is 532 g/mol. The molecule has 208 valence electrons. The molecule has 0 aliphatic carbocycles. The number of carbonyl (C=O) groups is 3. The molecular formula is C30H30N2O7S. The molecule has 0 bridgehead atoms. The van der Waals surface area contributed by atoms with Crippen molar-refractivity contribution >= 4 is 39.9 Å². The maximum Gasteiger partial charge on any atom is 0.350 e. The van der Waals surface area contributed by atoms with E-state index >= 15 is 0 Å². The maximum absolute atomic E-state index is 13.5. The number of anilines is 1. The van der Waals surface area contributed by atoms with Gasteiger partial charge >= 0.3 is 11.9 Å². The minimum absolute atomic E-state index is 0.110. The smallest absolute Gasteiger partial charge is 0.350 e. The number of carbonyl (C=O) groups excluding carboxylic acids is 3.